The standard InChI is InChI=1S/C13H14FN3/c14-11-2-1-3-12(15)13(11)17-9-6-10-4-7-16-8-5-10/h1-5,7-8,17H,6,9,15H2. The molecule has 0 spiro atoms. The summed E-state index contributed by atoms with van der Waals surface area (Å²) >= 11 is 0. The van der Waals surface area contributed by atoms with Gasteiger partial charge in [-0.1, -0.05) is 6.07 Å². The Morgan fingerprint density at radius 2 is 1.94 bits per heavy atom. The minimum atomic E-state index is -0.320. The lowest BCUT2D eigenvalue weighted by atomic mass is 10.2. The van der Waals surface area contributed by atoms with E-state index in [4.69, 9.17) is 5.73 Å². The van der Waals surface area contributed by atoms with Crippen LogP contribution in [0.1, 0.15) is 5.56 Å². The number of para-hydroxylation sites is 1. The van der Waals surface area contributed by atoms with Gasteiger partial charge in [0.05, 0.1) is 11.4 Å². The molecule has 4 heteroatoms. The average Bonchev–Trinajstić information content (AvgIpc) is 2.34. The normalized spacial score (nSPS) is 10.2. The topological polar surface area (TPSA) is 50.9 Å². The van der Waals surface area contributed by atoms with E-state index in [-0.39, 0.29) is 5.82 Å². The van der Waals surface area contributed by atoms with Crippen molar-refractivity contribution in [1.29, 1.82) is 0 Å². The number of nitrogen functional groups attached to an aromatic ring is 1. The number of nitrogens with zero attached hydrogens (tertiary/aromatic N) is 1. The van der Waals surface area contributed by atoms with E-state index in [0.717, 1.165) is 12.0 Å². The van der Waals surface area contributed by atoms with E-state index in [1.54, 1.807) is 24.5 Å². The number of pyridine rings is 1. The smallest absolute Gasteiger partial charge is 0.148 e. The second kappa shape index (κ2) is 5.30. The molecule has 1 heterocycles. The SMILES string of the molecule is Nc1cccc(F)c1NCCc1ccncc1. The van der Waals surface area contributed by atoms with E-state index < -0.39 is 0 Å². The Bertz CT molecular complexity index is 465. The lowest BCUT2D eigenvalue weighted by molar-refractivity contribution is 0.630. The number of hydrogen-bond donors (Lipinski definition) is 2. The van der Waals surface area contributed by atoms with Crippen LogP contribution in [0.5, 0.6) is 0 Å². The Labute approximate surface area is 99.5 Å². The maximum Gasteiger partial charge on any atom is 0.148 e. The zero-order valence-electron chi connectivity index (χ0n) is 9.36. The lowest BCUT2D eigenvalue weighted by Crippen LogP contribution is -2.08. The van der Waals surface area contributed by atoms with Gasteiger partial charge < -0.3 is 11.1 Å². The second-order valence-electron chi connectivity index (χ2n) is 3.74. The van der Waals surface area contributed by atoms with Crippen LogP contribution in [-0.4, -0.2) is 11.5 Å². The molecule has 1 aromatic carbocycles. The molecule has 0 aliphatic rings. The van der Waals surface area contributed by atoms with E-state index in [2.05, 4.69) is 10.3 Å². The van der Waals surface area contributed by atoms with Crippen molar-refractivity contribution in [3.05, 3.63) is 54.1 Å². The zero-order chi connectivity index (χ0) is 12.1. The lowest BCUT2D eigenvalue weighted by Gasteiger charge is -2.09. The average molecular weight is 231 g/mol. The Hall–Kier alpha value is -2.10. The van der Waals surface area contributed by atoms with Crippen LogP contribution in [0.15, 0.2) is 42.7 Å². The Morgan fingerprint density at radius 3 is 2.65 bits per heavy atom. The van der Waals surface area contributed by atoms with Gasteiger partial charge in [0.1, 0.15) is 5.82 Å². The molecule has 0 atom stereocenters. The van der Waals surface area contributed by atoms with Crippen LogP contribution < -0.4 is 11.1 Å². The molecule has 3 nitrogen and oxygen atoms in total. The number of rotatable bonds is 4. The third-order valence-electron chi connectivity index (χ3n) is 2.51. The van der Waals surface area contributed by atoms with Crippen LogP contribution >= 0.6 is 0 Å². The first kappa shape index (κ1) is 11.4. The van der Waals surface area contributed by atoms with Crippen molar-refractivity contribution in [3.63, 3.8) is 0 Å². The summed E-state index contributed by atoms with van der Waals surface area (Å²) in [7, 11) is 0. The highest BCUT2D eigenvalue weighted by atomic mass is 19.1. The van der Waals surface area contributed by atoms with Gasteiger partial charge in [0, 0.05) is 18.9 Å². The number of nitrogens with two attached hydrogens (primary N) is 1. The van der Waals surface area contributed by atoms with Gasteiger partial charge >= 0.3 is 0 Å². The fraction of sp³-hybridized carbons (Fsp3) is 0.154. The predicted octanol–water partition coefficient (Wildman–Crippen LogP) is 2.46. The second-order valence-corrected chi connectivity index (χ2v) is 3.74. The summed E-state index contributed by atoms with van der Waals surface area (Å²) in [6, 6.07) is 8.54. The highest BCUT2D eigenvalue weighted by Gasteiger charge is 2.04. The molecule has 3 N–H and O–H groups in total. The van der Waals surface area contributed by atoms with Gasteiger partial charge in [0.15, 0.2) is 0 Å². The first-order valence-electron chi connectivity index (χ1n) is 5.44. The van der Waals surface area contributed by atoms with E-state index in [1.807, 2.05) is 12.1 Å². The Balaban J connectivity index is 1.95. The summed E-state index contributed by atoms with van der Waals surface area (Å²) < 4.78 is 13.4. The molecule has 0 aliphatic carbocycles. The molecule has 0 saturated heterocycles. The number of anilines is 2. The highest BCUT2D eigenvalue weighted by Crippen LogP contribution is 2.21. The minimum absolute atomic E-state index is 0.320. The molecule has 2 aromatic rings. The minimum Gasteiger partial charge on any atom is -0.397 e. The van der Waals surface area contributed by atoms with Crippen LogP contribution in [0, 0.1) is 5.82 Å². The van der Waals surface area contributed by atoms with Crippen molar-refractivity contribution in [2.45, 2.75) is 6.42 Å². The van der Waals surface area contributed by atoms with Crippen molar-refractivity contribution in [3.8, 4) is 0 Å². The van der Waals surface area contributed by atoms with Crippen LogP contribution in [0.25, 0.3) is 0 Å². The maximum atomic E-state index is 13.4. The van der Waals surface area contributed by atoms with E-state index in [0.29, 0.717) is 17.9 Å². The summed E-state index contributed by atoms with van der Waals surface area (Å²) in [6.45, 7) is 0.634. The van der Waals surface area contributed by atoms with E-state index >= 15 is 0 Å². The third-order valence-corrected chi connectivity index (χ3v) is 2.51. The fourth-order valence-corrected chi connectivity index (χ4v) is 1.61. The summed E-state index contributed by atoms with van der Waals surface area (Å²) in [6.07, 6.45) is 4.29. The molecule has 0 radical (unpaired) electrons. The van der Waals surface area contributed by atoms with Crippen LogP contribution in [0.3, 0.4) is 0 Å². The number of halogens is 1. The van der Waals surface area contributed by atoms with Gasteiger partial charge in [0.25, 0.3) is 0 Å². The predicted molar refractivity (Wildman–Crippen MR) is 67.2 cm³/mol. The molecule has 0 aliphatic heterocycles. The Kier molecular flexibility index (Phi) is 3.55. The monoisotopic (exact) mass is 231 g/mol. The number of hydrogen-bond acceptors (Lipinski definition) is 3. The molecule has 17 heavy (non-hydrogen) atoms. The molecular formula is C13H14FN3. The number of benzene rings is 1. The first-order valence-corrected chi connectivity index (χ1v) is 5.44. The van der Waals surface area contributed by atoms with Crippen molar-refractivity contribution in [1.82, 2.24) is 4.98 Å². The summed E-state index contributed by atoms with van der Waals surface area (Å²) in [5, 5.41) is 3.01. The van der Waals surface area contributed by atoms with Gasteiger partial charge in [-0.3, -0.25) is 4.98 Å². The quantitative estimate of drug-likeness (QED) is 0.795. The van der Waals surface area contributed by atoms with Gasteiger partial charge in [-0.2, -0.15) is 0 Å². The molecule has 88 valence electrons. The van der Waals surface area contributed by atoms with Gasteiger partial charge in [-0.05, 0) is 36.2 Å². The van der Waals surface area contributed by atoms with Crippen molar-refractivity contribution < 1.29 is 4.39 Å². The zero-order valence-corrected chi connectivity index (χ0v) is 9.36. The van der Waals surface area contributed by atoms with Gasteiger partial charge in [0.2, 0.25) is 0 Å². The van der Waals surface area contributed by atoms with E-state index in [9.17, 15) is 4.39 Å². The third kappa shape index (κ3) is 2.93. The molecule has 0 bridgehead atoms. The first-order chi connectivity index (χ1) is 8.27. The Morgan fingerprint density at radius 1 is 1.18 bits per heavy atom. The van der Waals surface area contributed by atoms with Crippen LogP contribution in [0.2, 0.25) is 0 Å². The molecule has 0 fully saturated rings. The summed E-state index contributed by atoms with van der Waals surface area (Å²) in [4.78, 5) is 3.94. The maximum absolute atomic E-state index is 13.4. The van der Waals surface area contributed by atoms with E-state index in [1.165, 1.54) is 6.07 Å². The summed E-state index contributed by atoms with van der Waals surface area (Å²) in [5.41, 5.74) is 7.65. The molecule has 2 rings (SSSR count). The fourth-order valence-electron chi connectivity index (χ4n) is 1.61. The molecular weight excluding hydrogens is 217 g/mol. The highest BCUT2D eigenvalue weighted by molar-refractivity contribution is 5.66. The molecule has 0 unspecified atom stereocenters. The van der Waals surface area contributed by atoms with Gasteiger partial charge in [-0.15, -0.1) is 0 Å². The molecule has 1 aromatic heterocycles. The summed E-state index contributed by atoms with van der Waals surface area (Å²) in [5.74, 6) is -0.320. The largest absolute Gasteiger partial charge is 0.397 e. The molecule has 0 saturated carbocycles. The van der Waals surface area contributed by atoms with Crippen molar-refractivity contribution in [2.24, 2.45) is 0 Å². The van der Waals surface area contributed by atoms with Crippen LogP contribution in [0.4, 0.5) is 15.8 Å². The van der Waals surface area contributed by atoms with Crippen molar-refractivity contribution in [2.75, 3.05) is 17.6 Å². The number of nitrogens with one attached hydrogen (secondary N) is 1. The number of aromatic nitrogens is 1. The van der Waals surface area contributed by atoms with Crippen LogP contribution in [-0.2, 0) is 6.42 Å². The van der Waals surface area contributed by atoms with Crippen molar-refractivity contribution >= 4 is 11.4 Å². The molecule has 0 amide bonds. The van der Waals surface area contributed by atoms with Gasteiger partial charge in [-0.25, -0.2) is 4.39 Å².